The van der Waals surface area contributed by atoms with Crippen LogP contribution in [0.2, 0.25) is 5.02 Å². The van der Waals surface area contributed by atoms with E-state index in [0.29, 0.717) is 23.0 Å². The molecule has 2 aromatic rings. The highest BCUT2D eigenvalue weighted by Crippen LogP contribution is 2.24. The van der Waals surface area contributed by atoms with Crippen LogP contribution in [0, 0.1) is 19.8 Å². The first-order chi connectivity index (χ1) is 12.4. The highest BCUT2D eigenvalue weighted by molar-refractivity contribution is 6.31. The summed E-state index contributed by atoms with van der Waals surface area (Å²) in [5.41, 5.74) is 9.42. The van der Waals surface area contributed by atoms with Gasteiger partial charge in [-0.2, -0.15) is 5.10 Å². The van der Waals surface area contributed by atoms with Crippen molar-refractivity contribution in [1.29, 1.82) is 0 Å². The molecular weight excluding hydrogens is 348 g/mol. The molecule has 1 aromatic heterocycles. The first-order valence-corrected chi connectivity index (χ1v) is 9.58. The highest BCUT2D eigenvalue weighted by Gasteiger charge is 2.29. The summed E-state index contributed by atoms with van der Waals surface area (Å²) >= 11 is 6.27. The van der Waals surface area contributed by atoms with Gasteiger partial charge in [0, 0.05) is 29.8 Å². The molecule has 0 bridgehead atoms. The molecule has 1 aromatic carbocycles. The molecule has 1 saturated heterocycles. The number of carbonyl (C=O) groups is 1. The Morgan fingerprint density at radius 2 is 2.12 bits per heavy atom. The topological polar surface area (TPSA) is 64.2 Å². The molecule has 6 heteroatoms. The lowest BCUT2D eigenvalue weighted by atomic mass is 9.91. The van der Waals surface area contributed by atoms with Crippen molar-refractivity contribution >= 4 is 17.5 Å². The quantitative estimate of drug-likeness (QED) is 0.891. The summed E-state index contributed by atoms with van der Waals surface area (Å²) in [5.74, 6) is 0.433. The zero-order valence-electron chi connectivity index (χ0n) is 15.7. The number of halogens is 1. The largest absolute Gasteiger partial charge is 0.338 e. The standard InChI is InChI=1S/C20H27ClN4O/c1-13(22)16-8-6-10-24(11-16)20(26)19-14(2)23-25(15(19)3)12-17-7-4-5-9-18(17)21/h4-5,7,9,13,16H,6,8,10-12,22H2,1-3H3/t13-,16+/m0/s1. The van der Waals surface area contributed by atoms with Crippen LogP contribution in [-0.4, -0.2) is 39.7 Å². The minimum absolute atomic E-state index is 0.0655. The molecule has 0 radical (unpaired) electrons. The number of amides is 1. The third-order valence-electron chi connectivity index (χ3n) is 5.36. The smallest absolute Gasteiger partial charge is 0.257 e. The Bertz CT molecular complexity index is 799. The number of aromatic nitrogens is 2. The van der Waals surface area contributed by atoms with Crippen LogP contribution >= 0.6 is 11.6 Å². The number of piperidine rings is 1. The molecule has 1 aliphatic rings. The molecule has 0 saturated carbocycles. The molecule has 3 rings (SSSR count). The Morgan fingerprint density at radius 1 is 1.38 bits per heavy atom. The van der Waals surface area contributed by atoms with Gasteiger partial charge in [-0.05, 0) is 51.2 Å². The van der Waals surface area contributed by atoms with E-state index in [9.17, 15) is 4.79 Å². The summed E-state index contributed by atoms with van der Waals surface area (Å²) in [7, 11) is 0. The summed E-state index contributed by atoms with van der Waals surface area (Å²) < 4.78 is 1.87. The van der Waals surface area contributed by atoms with Gasteiger partial charge in [-0.3, -0.25) is 9.48 Å². The van der Waals surface area contributed by atoms with Crippen LogP contribution in [0.15, 0.2) is 24.3 Å². The number of likely N-dealkylation sites (tertiary alicyclic amines) is 1. The fraction of sp³-hybridized carbons (Fsp3) is 0.500. The number of hydrogen-bond donors (Lipinski definition) is 1. The summed E-state index contributed by atoms with van der Waals surface area (Å²) in [6.45, 7) is 7.95. The van der Waals surface area contributed by atoms with Gasteiger partial charge >= 0.3 is 0 Å². The van der Waals surface area contributed by atoms with Crippen molar-refractivity contribution in [3.05, 3.63) is 51.8 Å². The second-order valence-corrected chi connectivity index (χ2v) is 7.71. The van der Waals surface area contributed by atoms with Crippen LogP contribution in [0.3, 0.4) is 0 Å². The number of benzene rings is 1. The average Bonchev–Trinajstić information content (AvgIpc) is 2.90. The van der Waals surface area contributed by atoms with E-state index in [2.05, 4.69) is 5.10 Å². The Hall–Kier alpha value is -1.85. The predicted molar refractivity (Wildman–Crippen MR) is 105 cm³/mol. The minimum atomic E-state index is 0.0655. The maximum Gasteiger partial charge on any atom is 0.257 e. The van der Waals surface area contributed by atoms with E-state index in [-0.39, 0.29) is 11.9 Å². The van der Waals surface area contributed by atoms with Crippen molar-refractivity contribution in [2.24, 2.45) is 11.7 Å². The second-order valence-electron chi connectivity index (χ2n) is 7.31. The molecule has 2 N–H and O–H groups in total. The number of hydrogen-bond acceptors (Lipinski definition) is 3. The first kappa shape index (κ1) is 18.9. The van der Waals surface area contributed by atoms with Gasteiger partial charge in [-0.1, -0.05) is 29.8 Å². The molecule has 0 aliphatic carbocycles. The predicted octanol–water partition coefficient (Wildman–Crippen LogP) is 3.40. The van der Waals surface area contributed by atoms with E-state index < -0.39 is 0 Å². The molecule has 5 nitrogen and oxygen atoms in total. The number of aryl methyl sites for hydroxylation is 1. The fourth-order valence-electron chi connectivity index (χ4n) is 3.73. The summed E-state index contributed by atoms with van der Waals surface area (Å²) in [6.07, 6.45) is 2.09. The Kier molecular flexibility index (Phi) is 5.68. The normalized spacial score (nSPS) is 18.8. The second kappa shape index (κ2) is 7.80. The molecule has 1 fully saturated rings. The molecule has 2 heterocycles. The molecule has 0 unspecified atom stereocenters. The SMILES string of the molecule is Cc1nn(Cc2ccccc2Cl)c(C)c1C(=O)N1CCC[C@@H]([C@H](C)N)C1. The van der Waals surface area contributed by atoms with Crippen LogP contribution in [0.5, 0.6) is 0 Å². The number of nitrogens with zero attached hydrogens (tertiary/aromatic N) is 3. The number of rotatable bonds is 4. The van der Waals surface area contributed by atoms with Gasteiger partial charge in [0.05, 0.1) is 17.8 Å². The van der Waals surface area contributed by atoms with Crippen LogP contribution in [0.25, 0.3) is 0 Å². The summed E-state index contributed by atoms with van der Waals surface area (Å²) in [5, 5.41) is 5.31. The molecule has 2 atom stereocenters. The van der Waals surface area contributed by atoms with E-state index in [1.807, 2.05) is 54.6 Å². The first-order valence-electron chi connectivity index (χ1n) is 9.20. The van der Waals surface area contributed by atoms with Crippen molar-refractivity contribution in [3.8, 4) is 0 Å². The van der Waals surface area contributed by atoms with Crippen molar-refractivity contribution in [2.75, 3.05) is 13.1 Å². The Labute approximate surface area is 160 Å². The monoisotopic (exact) mass is 374 g/mol. The lowest BCUT2D eigenvalue weighted by Gasteiger charge is -2.34. The highest BCUT2D eigenvalue weighted by atomic mass is 35.5. The molecule has 140 valence electrons. The van der Waals surface area contributed by atoms with E-state index in [1.165, 1.54) is 0 Å². The Morgan fingerprint density at radius 3 is 2.81 bits per heavy atom. The van der Waals surface area contributed by atoms with E-state index in [4.69, 9.17) is 17.3 Å². The van der Waals surface area contributed by atoms with Crippen molar-refractivity contribution < 1.29 is 4.79 Å². The third-order valence-corrected chi connectivity index (χ3v) is 5.73. The van der Waals surface area contributed by atoms with Gasteiger partial charge in [-0.15, -0.1) is 0 Å². The molecular formula is C20H27ClN4O. The van der Waals surface area contributed by atoms with Gasteiger partial charge in [0.25, 0.3) is 5.91 Å². The Balaban J connectivity index is 1.83. The number of carbonyl (C=O) groups excluding carboxylic acids is 1. The zero-order chi connectivity index (χ0) is 18.8. The van der Waals surface area contributed by atoms with Gasteiger partial charge in [0.2, 0.25) is 0 Å². The van der Waals surface area contributed by atoms with E-state index >= 15 is 0 Å². The molecule has 26 heavy (non-hydrogen) atoms. The molecule has 1 aliphatic heterocycles. The minimum Gasteiger partial charge on any atom is -0.338 e. The van der Waals surface area contributed by atoms with Gasteiger partial charge in [-0.25, -0.2) is 0 Å². The summed E-state index contributed by atoms with van der Waals surface area (Å²) in [6, 6.07) is 7.83. The molecule has 0 spiro atoms. The molecule has 1 amide bonds. The number of nitrogens with two attached hydrogens (primary N) is 1. The average molecular weight is 375 g/mol. The van der Waals surface area contributed by atoms with E-state index in [0.717, 1.165) is 42.9 Å². The van der Waals surface area contributed by atoms with Crippen molar-refractivity contribution in [2.45, 2.75) is 46.2 Å². The van der Waals surface area contributed by atoms with Gasteiger partial charge in [0.15, 0.2) is 0 Å². The van der Waals surface area contributed by atoms with Crippen molar-refractivity contribution in [3.63, 3.8) is 0 Å². The van der Waals surface area contributed by atoms with Crippen LogP contribution in [-0.2, 0) is 6.54 Å². The fourth-order valence-corrected chi connectivity index (χ4v) is 3.93. The maximum atomic E-state index is 13.1. The van der Waals surface area contributed by atoms with E-state index in [1.54, 1.807) is 0 Å². The van der Waals surface area contributed by atoms with Crippen LogP contribution in [0.1, 0.15) is 47.1 Å². The zero-order valence-corrected chi connectivity index (χ0v) is 16.5. The maximum absolute atomic E-state index is 13.1. The third kappa shape index (κ3) is 3.79. The van der Waals surface area contributed by atoms with Crippen molar-refractivity contribution in [1.82, 2.24) is 14.7 Å². The van der Waals surface area contributed by atoms with Gasteiger partial charge in [0.1, 0.15) is 0 Å². The van der Waals surface area contributed by atoms with Crippen LogP contribution < -0.4 is 5.73 Å². The van der Waals surface area contributed by atoms with Crippen LogP contribution in [0.4, 0.5) is 0 Å². The summed E-state index contributed by atoms with van der Waals surface area (Å²) in [4.78, 5) is 15.1. The lowest BCUT2D eigenvalue weighted by molar-refractivity contribution is 0.0659. The van der Waals surface area contributed by atoms with Gasteiger partial charge < -0.3 is 10.6 Å². The lowest BCUT2D eigenvalue weighted by Crippen LogP contribution is -2.45.